The van der Waals surface area contributed by atoms with Gasteiger partial charge in [-0.3, -0.25) is 0 Å². The first-order chi connectivity index (χ1) is 10.2. The van der Waals surface area contributed by atoms with Crippen molar-refractivity contribution in [2.24, 2.45) is 22.7 Å². The van der Waals surface area contributed by atoms with Gasteiger partial charge in [0.15, 0.2) is 0 Å². The van der Waals surface area contributed by atoms with Crippen LogP contribution in [0, 0.1) is 22.7 Å². The predicted molar refractivity (Wildman–Crippen MR) is 91.7 cm³/mol. The molecule has 2 saturated carbocycles. The van der Waals surface area contributed by atoms with E-state index in [0.717, 1.165) is 18.4 Å². The number of hydrogen-bond acceptors (Lipinski definition) is 1. The highest BCUT2D eigenvalue weighted by Crippen LogP contribution is 2.62. The van der Waals surface area contributed by atoms with Crippen LogP contribution in [-0.2, 0) is 4.79 Å². The number of carboxylic acid groups (broad SMARTS) is 1. The molecule has 0 unspecified atom stereocenters. The van der Waals surface area contributed by atoms with Crippen LogP contribution in [0.3, 0.4) is 0 Å². The van der Waals surface area contributed by atoms with E-state index in [1.54, 1.807) is 0 Å². The van der Waals surface area contributed by atoms with Gasteiger partial charge in [-0.2, -0.15) is 0 Å². The van der Waals surface area contributed by atoms with Crippen LogP contribution in [0.5, 0.6) is 0 Å². The Labute approximate surface area is 135 Å². The van der Waals surface area contributed by atoms with E-state index >= 15 is 0 Å². The van der Waals surface area contributed by atoms with Gasteiger partial charge in [-0.25, -0.2) is 4.79 Å². The van der Waals surface area contributed by atoms with Crippen molar-refractivity contribution in [1.29, 1.82) is 0 Å². The van der Waals surface area contributed by atoms with Crippen molar-refractivity contribution in [2.75, 3.05) is 0 Å². The topological polar surface area (TPSA) is 37.3 Å². The minimum absolute atomic E-state index is 0.296. The Morgan fingerprint density at radius 1 is 1.41 bits per heavy atom. The molecule has 0 bridgehead atoms. The zero-order valence-corrected chi connectivity index (χ0v) is 14.7. The van der Waals surface area contributed by atoms with E-state index < -0.39 is 5.97 Å². The monoisotopic (exact) mass is 304 g/mol. The Kier molecular flexibility index (Phi) is 4.89. The first-order valence-electron chi connectivity index (χ1n) is 8.78. The van der Waals surface area contributed by atoms with Crippen LogP contribution in [-0.4, -0.2) is 11.1 Å². The zero-order valence-electron chi connectivity index (χ0n) is 14.7. The summed E-state index contributed by atoms with van der Waals surface area (Å²) in [6, 6.07) is 0. The second-order valence-corrected chi connectivity index (χ2v) is 8.24. The number of aliphatic carboxylic acids is 1. The van der Waals surface area contributed by atoms with Gasteiger partial charge in [0, 0.05) is 6.08 Å². The molecule has 0 aromatic rings. The lowest BCUT2D eigenvalue weighted by Gasteiger charge is -2.59. The molecule has 4 atom stereocenters. The van der Waals surface area contributed by atoms with E-state index in [9.17, 15) is 4.79 Å². The lowest BCUT2D eigenvalue weighted by Crippen LogP contribution is -2.50. The van der Waals surface area contributed by atoms with E-state index in [4.69, 9.17) is 5.11 Å². The van der Waals surface area contributed by atoms with Crippen molar-refractivity contribution in [3.8, 4) is 0 Å². The largest absolute Gasteiger partial charge is 0.478 e. The zero-order chi connectivity index (χ0) is 16.5. The molecular formula is C20H32O2. The highest BCUT2D eigenvalue weighted by molar-refractivity contribution is 5.80. The van der Waals surface area contributed by atoms with Crippen molar-refractivity contribution in [3.63, 3.8) is 0 Å². The van der Waals surface area contributed by atoms with Gasteiger partial charge < -0.3 is 5.11 Å². The fourth-order valence-corrected chi connectivity index (χ4v) is 5.14. The second kappa shape index (κ2) is 6.22. The average molecular weight is 304 g/mol. The van der Waals surface area contributed by atoms with Gasteiger partial charge in [0.2, 0.25) is 0 Å². The van der Waals surface area contributed by atoms with Crippen LogP contribution in [0.15, 0.2) is 23.8 Å². The summed E-state index contributed by atoms with van der Waals surface area (Å²) in [5, 5.41) is 8.91. The standard InChI is InChI=1S/C20H32O2/c1-14(13-18(21)22)9-11-19(4)16(3)10-12-20(5)15(2)7-6-8-17(19)20/h13,16-17H,2,6-12H2,1,3-5H3,(H,21,22)/b14-13-/t16-,17-,19+,20+/m1/s1. The SMILES string of the molecule is C=C1CCC[C@@H]2[C@@](C)(CC/C(C)=C\C(=O)O)[C@H](C)CC[C@@]12C. The summed E-state index contributed by atoms with van der Waals surface area (Å²) in [4.78, 5) is 10.8. The third-order valence-corrected chi connectivity index (χ3v) is 6.99. The van der Waals surface area contributed by atoms with E-state index in [0.29, 0.717) is 22.7 Å². The number of hydrogen-bond donors (Lipinski definition) is 1. The maximum atomic E-state index is 10.8. The average Bonchev–Trinajstić information content (AvgIpc) is 2.43. The number of allylic oxidation sites excluding steroid dienone is 2. The van der Waals surface area contributed by atoms with Crippen LogP contribution in [0.1, 0.15) is 72.6 Å². The van der Waals surface area contributed by atoms with Gasteiger partial charge in [-0.15, -0.1) is 0 Å². The fraction of sp³-hybridized carbons (Fsp3) is 0.750. The second-order valence-electron chi connectivity index (χ2n) is 8.24. The Morgan fingerprint density at radius 3 is 2.73 bits per heavy atom. The summed E-state index contributed by atoms with van der Waals surface area (Å²) in [6.07, 6.45) is 9.67. The van der Waals surface area contributed by atoms with Crippen LogP contribution in [0.25, 0.3) is 0 Å². The lowest BCUT2D eigenvalue weighted by molar-refractivity contribution is -0.131. The van der Waals surface area contributed by atoms with Gasteiger partial charge in [0.05, 0.1) is 0 Å². The molecular weight excluding hydrogens is 272 g/mol. The third kappa shape index (κ3) is 3.02. The molecule has 0 radical (unpaired) electrons. The van der Waals surface area contributed by atoms with Crippen molar-refractivity contribution in [1.82, 2.24) is 0 Å². The third-order valence-electron chi connectivity index (χ3n) is 6.99. The summed E-state index contributed by atoms with van der Waals surface area (Å²) in [6.45, 7) is 13.6. The molecule has 0 saturated heterocycles. The minimum Gasteiger partial charge on any atom is -0.478 e. The van der Waals surface area contributed by atoms with Crippen molar-refractivity contribution < 1.29 is 9.90 Å². The maximum Gasteiger partial charge on any atom is 0.328 e. The molecule has 0 spiro atoms. The van der Waals surface area contributed by atoms with Crippen LogP contribution in [0.4, 0.5) is 0 Å². The molecule has 2 nitrogen and oxygen atoms in total. The van der Waals surface area contributed by atoms with Crippen LogP contribution >= 0.6 is 0 Å². The Hall–Kier alpha value is -1.05. The molecule has 124 valence electrons. The first kappa shape index (κ1) is 17.3. The first-order valence-corrected chi connectivity index (χ1v) is 8.78. The Balaban J connectivity index is 2.21. The molecule has 0 heterocycles. The minimum atomic E-state index is -0.824. The molecule has 0 amide bonds. The summed E-state index contributed by atoms with van der Waals surface area (Å²) < 4.78 is 0. The molecule has 0 aromatic carbocycles. The molecule has 2 fully saturated rings. The highest BCUT2D eigenvalue weighted by Gasteiger charge is 2.53. The molecule has 2 aliphatic carbocycles. The van der Waals surface area contributed by atoms with E-state index in [2.05, 4.69) is 27.4 Å². The number of rotatable bonds is 4. The summed E-state index contributed by atoms with van der Waals surface area (Å²) in [5.41, 5.74) is 3.04. The number of fused-ring (bicyclic) bond motifs is 1. The predicted octanol–water partition coefficient (Wildman–Crippen LogP) is 5.60. The van der Waals surface area contributed by atoms with Gasteiger partial charge in [-0.05, 0) is 74.5 Å². The van der Waals surface area contributed by atoms with Crippen molar-refractivity contribution in [2.45, 2.75) is 72.6 Å². The van der Waals surface area contributed by atoms with Crippen LogP contribution in [0.2, 0.25) is 0 Å². The molecule has 0 aromatic heterocycles. The lowest BCUT2D eigenvalue weighted by atomic mass is 9.46. The summed E-state index contributed by atoms with van der Waals surface area (Å²) in [5.74, 6) is 0.576. The van der Waals surface area contributed by atoms with E-state index in [1.807, 2.05) is 6.92 Å². The molecule has 1 N–H and O–H groups in total. The Bertz CT molecular complexity index is 490. The van der Waals surface area contributed by atoms with Crippen molar-refractivity contribution in [3.05, 3.63) is 23.8 Å². The van der Waals surface area contributed by atoms with Gasteiger partial charge in [0.25, 0.3) is 0 Å². The Morgan fingerprint density at radius 2 is 2.09 bits per heavy atom. The number of carboxylic acids is 1. The smallest absolute Gasteiger partial charge is 0.328 e. The molecule has 22 heavy (non-hydrogen) atoms. The van der Waals surface area contributed by atoms with Crippen molar-refractivity contribution >= 4 is 5.97 Å². The van der Waals surface area contributed by atoms with Crippen LogP contribution < -0.4 is 0 Å². The molecule has 2 rings (SSSR count). The normalized spacial score (nSPS) is 39.5. The quantitative estimate of drug-likeness (QED) is 0.542. The van der Waals surface area contributed by atoms with Gasteiger partial charge in [0.1, 0.15) is 0 Å². The number of carbonyl (C=O) groups is 1. The molecule has 0 aliphatic heterocycles. The maximum absolute atomic E-state index is 10.8. The van der Waals surface area contributed by atoms with Gasteiger partial charge in [-0.1, -0.05) is 38.5 Å². The summed E-state index contributed by atoms with van der Waals surface area (Å²) >= 11 is 0. The fourth-order valence-electron chi connectivity index (χ4n) is 5.14. The van der Waals surface area contributed by atoms with Gasteiger partial charge >= 0.3 is 5.97 Å². The van der Waals surface area contributed by atoms with E-state index in [-0.39, 0.29) is 0 Å². The highest BCUT2D eigenvalue weighted by atomic mass is 16.4. The molecule has 2 heteroatoms. The van der Waals surface area contributed by atoms with E-state index in [1.165, 1.54) is 43.8 Å². The summed E-state index contributed by atoms with van der Waals surface area (Å²) in [7, 11) is 0. The molecule has 2 aliphatic rings.